The van der Waals surface area contributed by atoms with Crippen molar-refractivity contribution < 1.29 is 9.90 Å². The second-order valence-corrected chi connectivity index (χ2v) is 5.59. The van der Waals surface area contributed by atoms with Gasteiger partial charge in [-0.2, -0.15) is 0 Å². The topological polar surface area (TPSA) is 63.3 Å². The number of hydrogen-bond donors (Lipinski definition) is 2. The average molecular weight is 241 g/mol. The maximum Gasteiger partial charge on any atom is 0.304 e. The molecule has 0 aromatic rings. The summed E-state index contributed by atoms with van der Waals surface area (Å²) in [6.45, 7) is 4.40. The molecule has 0 aromatic heterocycles. The van der Waals surface area contributed by atoms with Gasteiger partial charge in [0.25, 0.3) is 0 Å². The normalized spacial score (nSPS) is 23.0. The highest BCUT2D eigenvalue weighted by Gasteiger charge is 2.30. The Morgan fingerprint density at radius 2 is 1.94 bits per heavy atom. The Balaban J connectivity index is 2.55. The molecule has 3 heteroatoms. The molecule has 0 aromatic carbocycles. The van der Waals surface area contributed by atoms with Gasteiger partial charge in [0.15, 0.2) is 0 Å². The third-order valence-electron chi connectivity index (χ3n) is 4.50. The Hall–Kier alpha value is -0.570. The third-order valence-corrected chi connectivity index (χ3v) is 4.50. The predicted octanol–water partition coefficient (Wildman–Crippen LogP) is 3.03. The van der Waals surface area contributed by atoms with E-state index in [1.165, 1.54) is 32.1 Å². The van der Waals surface area contributed by atoms with E-state index >= 15 is 0 Å². The van der Waals surface area contributed by atoms with E-state index in [9.17, 15) is 4.79 Å². The fourth-order valence-corrected chi connectivity index (χ4v) is 3.43. The van der Waals surface area contributed by atoms with Gasteiger partial charge in [0, 0.05) is 6.04 Å². The molecule has 17 heavy (non-hydrogen) atoms. The summed E-state index contributed by atoms with van der Waals surface area (Å²) in [5.74, 6) is 0.907. The van der Waals surface area contributed by atoms with Crippen molar-refractivity contribution in [1.82, 2.24) is 0 Å². The first-order chi connectivity index (χ1) is 8.06. The van der Waals surface area contributed by atoms with Crippen LogP contribution in [-0.4, -0.2) is 17.1 Å². The molecule has 1 aliphatic carbocycles. The minimum atomic E-state index is -0.771. The molecule has 0 radical (unpaired) electrons. The van der Waals surface area contributed by atoms with E-state index in [0.717, 1.165) is 12.3 Å². The lowest BCUT2D eigenvalue weighted by Crippen LogP contribution is -2.38. The Bertz CT molecular complexity index is 236. The van der Waals surface area contributed by atoms with Crippen molar-refractivity contribution in [2.75, 3.05) is 0 Å². The largest absolute Gasteiger partial charge is 0.481 e. The van der Waals surface area contributed by atoms with Gasteiger partial charge >= 0.3 is 5.97 Å². The first-order valence-corrected chi connectivity index (χ1v) is 7.03. The minimum absolute atomic E-state index is 0.107. The van der Waals surface area contributed by atoms with Crippen LogP contribution in [0.5, 0.6) is 0 Å². The summed E-state index contributed by atoms with van der Waals surface area (Å²) in [5.41, 5.74) is 6.06. The van der Waals surface area contributed by atoms with Gasteiger partial charge in [0.2, 0.25) is 0 Å². The summed E-state index contributed by atoms with van der Waals surface area (Å²) in [4.78, 5) is 10.7. The minimum Gasteiger partial charge on any atom is -0.481 e. The highest BCUT2D eigenvalue weighted by molar-refractivity contribution is 5.67. The van der Waals surface area contributed by atoms with Gasteiger partial charge in [-0.15, -0.1) is 0 Å². The van der Waals surface area contributed by atoms with Gasteiger partial charge in [-0.3, -0.25) is 4.79 Å². The lowest BCUT2D eigenvalue weighted by Gasteiger charge is -2.35. The number of hydrogen-bond acceptors (Lipinski definition) is 2. The molecule has 3 atom stereocenters. The Morgan fingerprint density at radius 3 is 2.41 bits per heavy atom. The Labute approximate surface area is 105 Å². The van der Waals surface area contributed by atoms with Crippen LogP contribution in [0.1, 0.15) is 58.8 Å². The smallest absolute Gasteiger partial charge is 0.304 e. The molecule has 0 spiro atoms. The number of carboxylic acid groups (broad SMARTS) is 1. The maximum atomic E-state index is 10.7. The van der Waals surface area contributed by atoms with Crippen LogP contribution in [-0.2, 0) is 4.79 Å². The van der Waals surface area contributed by atoms with E-state index in [0.29, 0.717) is 11.8 Å². The highest BCUT2D eigenvalue weighted by Crippen LogP contribution is 2.36. The Kier molecular flexibility index (Phi) is 5.96. The monoisotopic (exact) mass is 241 g/mol. The lowest BCUT2D eigenvalue weighted by atomic mass is 9.71. The van der Waals surface area contributed by atoms with E-state index in [4.69, 9.17) is 10.8 Å². The van der Waals surface area contributed by atoms with Crippen molar-refractivity contribution >= 4 is 5.97 Å². The van der Waals surface area contributed by atoms with E-state index in [-0.39, 0.29) is 12.5 Å². The van der Waals surface area contributed by atoms with Crippen LogP contribution >= 0.6 is 0 Å². The molecule has 0 aliphatic heterocycles. The van der Waals surface area contributed by atoms with Gasteiger partial charge in [-0.1, -0.05) is 52.4 Å². The van der Waals surface area contributed by atoms with Crippen LogP contribution in [0.25, 0.3) is 0 Å². The van der Waals surface area contributed by atoms with Gasteiger partial charge in [-0.05, 0) is 17.8 Å². The van der Waals surface area contributed by atoms with Gasteiger partial charge < -0.3 is 10.8 Å². The molecule has 0 amide bonds. The zero-order valence-electron chi connectivity index (χ0n) is 11.2. The lowest BCUT2D eigenvalue weighted by molar-refractivity contribution is -0.137. The summed E-state index contributed by atoms with van der Waals surface area (Å²) in [6.07, 6.45) is 7.73. The summed E-state index contributed by atoms with van der Waals surface area (Å²) >= 11 is 0. The van der Waals surface area contributed by atoms with Crippen molar-refractivity contribution in [1.29, 1.82) is 0 Å². The summed E-state index contributed by atoms with van der Waals surface area (Å²) < 4.78 is 0. The van der Waals surface area contributed by atoms with Gasteiger partial charge in [-0.25, -0.2) is 0 Å². The first kappa shape index (κ1) is 14.5. The van der Waals surface area contributed by atoms with Crippen molar-refractivity contribution in [3.05, 3.63) is 0 Å². The number of nitrogens with two attached hydrogens (primary N) is 1. The molecular formula is C14H27NO2. The summed E-state index contributed by atoms with van der Waals surface area (Å²) in [6, 6.07) is -0.186. The van der Waals surface area contributed by atoms with Crippen LogP contribution < -0.4 is 5.73 Å². The fourth-order valence-electron chi connectivity index (χ4n) is 3.43. The zero-order chi connectivity index (χ0) is 12.8. The van der Waals surface area contributed by atoms with E-state index in [1.807, 2.05) is 0 Å². The zero-order valence-corrected chi connectivity index (χ0v) is 11.2. The van der Waals surface area contributed by atoms with Crippen LogP contribution in [0.3, 0.4) is 0 Å². The molecule has 0 bridgehead atoms. The molecule has 3 unspecified atom stereocenters. The number of carboxylic acids is 1. The molecule has 0 saturated heterocycles. The van der Waals surface area contributed by atoms with Crippen LogP contribution in [0.2, 0.25) is 0 Å². The van der Waals surface area contributed by atoms with Crippen molar-refractivity contribution in [3.8, 4) is 0 Å². The third kappa shape index (κ3) is 4.30. The van der Waals surface area contributed by atoms with Crippen molar-refractivity contribution in [3.63, 3.8) is 0 Å². The first-order valence-electron chi connectivity index (χ1n) is 7.03. The van der Waals surface area contributed by atoms with Gasteiger partial charge in [0.05, 0.1) is 6.42 Å². The average Bonchev–Trinajstić information content (AvgIpc) is 2.30. The SMILES string of the molecule is CCC(C(N)CC(=O)O)C(C)C1CCCCC1. The molecule has 3 nitrogen and oxygen atoms in total. The molecular weight excluding hydrogens is 214 g/mol. The standard InChI is InChI=1S/C14H27NO2/c1-3-12(13(15)9-14(16)17)10(2)11-7-5-4-6-8-11/h10-13H,3-9,15H2,1-2H3,(H,16,17). The number of aliphatic carboxylic acids is 1. The maximum absolute atomic E-state index is 10.7. The summed E-state index contributed by atoms with van der Waals surface area (Å²) in [5, 5.41) is 8.84. The molecule has 1 aliphatic rings. The van der Waals surface area contributed by atoms with E-state index < -0.39 is 5.97 Å². The molecule has 1 saturated carbocycles. The van der Waals surface area contributed by atoms with Crippen LogP contribution in [0.15, 0.2) is 0 Å². The van der Waals surface area contributed by atoms with Crippen LogP contribution in [0.4, 0.5) is 0 Å². The van der Waals surface area contributed by atoms with E-state index in [2.05, 4.69) is 13.8 Å². The van der Waals surface area contributed by atoms with Gasteiger partial charge in [0.1, 0.15) is 0 Å². The second-order valence-electron chi connectivity index (χ2n) is 5.59. The predicted molar refractivity (Wildman–Crippen MR) is 69.7 cm³/mol. The molecule has 0 heterocycles. The second kappa shape index (κ2) is 7.00. The summed E-state index contributed by atoms with van der Waals surface area (Å²) in [7, 11) is 0. The molecule has 3 N–H and O–H groups in total. The number of rotatable bonds is 6. The van der Waals surface area contributed by atoms with Crippen LogP contribution in [0, 0.1) is 17.8 Å². The Morgan fingerprint density at radius 1 is 1.35 bits per heavy atom. The number of carbonyl (C=O) groups is 1. The highest BCUT2D eigenvalue weighted by atomic mass is 16.4. The quantitative estimate of drug-likeness (QED) is 0.751. The molecule has 1 rings (SSSR count). The van der Waals surface area contributed by atoms with Crippen molar-refractivity contribution in [2.24, 2.45) is 23.5 Å². The molecule has 1 fully saturated rings. The van der Waals surface area contributed by atoms with Crippen molar-refractivity contribution in [2.45, 2.75) is 64.8 Å². The van der Waals surface area contributed by atoms with E-state index in [1.54, 1.807) is 0 Å². The molecule has 100 valence electrons. The fraction of sp³-hybridized carbons (Fsp3) is 0.929.